The lowest BCUT2D eigenvalue weighted by Crippen LogP contribution is -2.32. The molecule has 0 aromatic heterocycles. The van der Waals surface area contributed by atoms with Crippen molar-refractivity contribution in [1.29, 1.82) is 0 Å². The Morgan fingerprint density at radius 1 is 1.28 bits per heavy atom. The Labute approximate surface area is 146 Å². The van der Waals surface area contributed by atoms with Crippen molar-refractivity contribution in [3.8, 4) is 0 Å². The number of rotatable bonds is 5. The Hall–Kier alpha value is -2.38. The number of alkyl carbamates (subject to hydrolysis) is 1. The topological polar surface area (TPSA) is 83.1 Å². The lowest BCUT2D eigenvalue weighted by atomic mass is 10.1. The van der Waals surface area contributed by atoms with E-state index in [0.717, 1.165) is 5.56 Å². The Balaban J connectivity index is 2.05. The molecule has 1 fully saturated rings. The molecule has 0 bridgehead atoms. The number of nitrogens with one attached hydrogen (secondary N) is 1. The molecule has 1 N–H and O–H groups in total. The Morgan fingerprint density at radius 2 is 1.96 bits per heavy atom. The average Bonchev–Trinajstić information content (AvgIpc) is 2.97. The van der Waals surface area contributed by atoms with E-state index in [1.807, 2.05) is 30.3 Å². The summed E-state index contributed by atoms with van der Waals surface area (Å²) in [5.41, 5.74) is 1.34. The van der Waals surface area contributed by atoms with Crippen LogP contribution in [0.3, 0.4) is 0 Å². The van der Waals surface area contributed by atoms with Crippen molar-refractivity contribution in [3.05, 3.63) is 47.2 Å². The maximum absolute atomic E-state index is 12.0. The molecule has 1 aromatic carbocycles. The lowest BCUT2D eigenvalue weighted by Gasteiger charge is -2.19. The molecule has 1 atom stereocenters. The smallest absolute Gasteiger partial charge is 0.412 e. The normalized spacial score (nSPS) is 19.8. The van der Waals surface area contributed by atoms with Gasteiger partial charge in [-0.3, -0.25) is 5.32 Å². The van der Waals surface area contributed by atoms with Gasteiger partial charge in [-0.25, -0.2) is 9.59 Å². The highest BCUT2D eigenvalue weighted by molar-refractivity contribution is 5.93. The monoisotopic (exact) mass is 349 g/mol. The number of methoxy groups -OCH3 is 1. The van der Waals surface area contributed by atoms with Crippen LogP contribution in [0.2, 0.25) is 0 Å². The molecule has 25 heavy (non-hydrogen) atoms. The summed E-state index contributed by atoms with van der Waals surface area (Å²) >= 11 is 0. The van der Waals surface area contributed by atoms with E-state index in [1.54, 1.807) is 20.8 Å². The molecule has 7 nitrogen and oxygen atoms in total. The summed E-state index contributed by atoms with van der Waals surface area (Å²) in [6, 6.07) is 9.23. The zero-order chi connectivity index (χ0) is 18.4. The van der Waals surface area contributed by atoms with E-state index in [-0.39, 0.29) is 18.9 Å². The molecule has 1 aliphatic heterocycles. The van der Waals surface area contributed by atoms with Gasteiger partial charge in [0.15, 0.2) is 5.79 Å². The second kappa shape index (κ2) is 8.13. The Kier molecular flexibility index (Phi) is 6.17. The van der Waals surface area contributed by atoms with Crippen LogP contribution in [-0.4, -0.2) is 37.7 Å². The number of hydrogen-bond acceptors (Lipinski definition) is 6. The molecule has 1 aliphatic rings. The van der Waals surface area contributed by atoms with Crippen LogP contribution in [0, 0.1) is 0 Å². The van der Waals surface area contributed by atoms with Crippen LogP contribution in [0.15, 0.2) is 41.6 Å². The number of esters is 1. The first-order chi connectivity index (χ1) is 11.8. The summed E-state index contributed by atoms with van der Waals surface area (Å²) in [6.07, 6.45) is -1.21. The van der Waals surface area contributed by atoms with Crippen LogP contribution in [0.25, 0.3) is 0 Å². The highest BCUT2D eigenvalue weighted by Crippen LogP contribution is 2.27. The van der Waals surface area contributed by atoms with Gasteiger partial charge in [0, 0.05) is 0 Å². The number of amides is 1. The van der Waals surface area contributed by atoms with Gasteiger partial charge in [0.05, 0.1) is 13.7 Å². The maximum Gasteiger partial charge on any atom is 0.412 e. The quantitative estimate of drug-likeness (QED) is 0.650. The van der Waals surface area contributed by atoms with Gasteiger partial charge >= 0.3 is 12.1 Å². The molecule has 0 radical (unpaired) electrons. The minimum Gasteiger partial charge on any atom is -0.464 e. The van der Waals surface area contributed by atoms with Crippen molar-refractivity contribution in [2.75, 3.05) is 13.7 Å². The van der Waals surface area contributed by atoms with Gasteiger partial charge in [-0.15, -0.1) is 0 Å². The molecule has 1 saturated heterocycles. The van der Waals surface area contributed by atoms with Crippen molar-refractivity contribution in [1.82, 2.24) is 5.32 Å². The van der Waals surface area contributed by atoms with Gasteiger partial charge in [-0.05, 0) is 31.9 Å². The molecule has 1 heterocycles. The molecule has 136 valence electrons. The molecule has 1 amide bonds. The third-order valence-electron chi connectivity index (χ3n) is 3.72. The summed E-state index contributed by atoms with van der Waals surface area (Å²) in [6.45, 7) is 5.61. The summed E-state index contributed by atoms with van der Waals surface area (Å²) < 4.78 is 21.1. The average molecular weight is 349 g/mol. The zero-order valence-electron chi connectivity index (χ0n) is 14.8. The largest absolute Gasteiger partial charge is 0.464 e. The van der Waals surface area contributed by atoms with E-state index < -0.39 is 24.0 Å². The summed E-state index contributed by atoms with van der Waals surface area (Å²) in [5.74, 6) is -1.43. The summed E-state index contributed by atoms with van der Waals surface area (Å²) in [7, 11) is 1.24. The molecule has 7 heteroatoms. The van der Waals surface area contributed by atoms with Crippen molar-refractivity contribution < 1.29 is 28.5 Å². The third kappa shape index (κ3) is 5.30. The van der Waals surface area contributed by atoms with Gasteiger partial charge in [0.2, 0.25) is 0 Å². The highest BCUT2D eigenvalue weighted by atomic mass is 16.7. The van der Waals surface area contributed by atoms with Crippen LogP contribution in [0.5, 0.6) is 0 Å². The molecule has 0 unspecified atom stereocenters. The van der Waals surface area contributed by atoms with Gasteiger partial charge in [-0.1, -0.05) is 30.3 Å². The Bertz CT molecular complexity index is 653. The SMILES string of the molecule is COC(=O)/C(NC(=O)OCc1ccccc1)=C(\C)[C@H]1COC(C)(C)O1. The molecular weight excluding hydrogens is 326 g/mol. The van der Waals surface area contributed by atoms with Crippen LogP contribution >= 0.6 is 0 Å². The van der Waals surface area contributed by atoms with E-state index in [9.17, 15) is 9.59 Å². The number of ether oxygens (including phenoxy) is 4. The van der Waals surface area contributed by atoms with Crippen molar-refractivity contribution >= 4 is 12.1 Å². The first-order valence-corrected chi connectivity index (χ1v) is 7.91. The number of carbonyl (C=O) groups is 2. The fourth-order valence-electron chi connectivity index (χ4n) is 2.34. The standard InChI is InChI=1S/C18H23NO6/c1-12(14-11-24-18(2,3)25-14)15(16(20)22-4)19-17(21)23-10-13-8-6-5-7-9-13/h5-9,14H,10-11H2,1-4H3,(H,19,21)/b15-12-/t14-/m1/s1. The zero-order valence-corrected chi connectivity index (χ0v) is 14.8. The van der Waals surface area contributed by atoms with Crippen LogP contribution < -0.4 is 5.32 Å². The van der Waals surface area contributed by atoms with Crippen LogP contribution in [0.1, 0.15) is 26.3 Å². The first kappa shape index (κ1) is 19.0. The van der Waals surface area contributed by atoms with E-state index in [1.165, 1.54) is 7.11 Å². The van der Waals surface area contributed by atoms with Crippen molar-refractivity contribution in [2.45, 2.75) is 39.3 Å². The van der Waals surface area contributed by atoms with Crippen LogP contribution in [0.4, 0.5) is 4.79 Å². The van der Waals surface area contributed by atoms with Gasteiger partial charge < -0.3 is 18.9 Å². The molecular formula is C18H23NO6. The van der Waals surface area contributed by atoms with E-state index in [2.05, 4.69) is 5.32 Å². The first-order valence-electron chi connectivity index (χ1n) is 7.91. The predicted molar refractivity (Wildman–Crippen MR) is 89.4 cm³/mol. The maximum atomic E-state index is 12.0. The second-order valence-corrected chi connectivity index (χ2v) is 6.05. The van der Waals surface area contributed by atoms with Crippen molar-refractivity contribution in [2.24, 2.45) is 0 Å². The minimum absolute atomic E-state index is 0.00754. The van der Waals surface area contributed by atoms with Gasteiger partial charge in [-0.2, -0.15) is 0 Å². The van der Waals surface area contributed by atoms with Crippen molar-refractivity contribution in [3.63, 3.8) is 0 Å². The summed E-state index contributed by atoms with van der Waals surface area (Å²) in [4.78, 5) is 24.1. The molecule has 0 spiro atoms. The van der Waals surface area contributed by atoms with Gasteiger partial charge in [0.25, 0.3) is 0 Å². The van der Waals surface area contributed by atoms with Gasteiger partial charge in [0.1, 0.15) is 18.4 Å². The lowest BCUT2D eigenvalue weighted by molar-refractivity contribution is -0.138. The van der Waals surface area contributed by atoms with E-state index >= 15 is 0 Å². The highest BCUT2D eigenvalue weighted by Gasteiger charge is 2.35. The molecule has 0 aliphatic carbocycles. The predicted octanol–water partition coefficient (Wildman–Crippen LogP) is 2.51. The third-order valence-corrected chi connectivity index (χ3v) is 3.72. The fraction of sp³-hybridized carbons (Fsp3) is 0.444. The Morgan fingerprint density at radius 3 is 2.52 bits per heavy atom. The number of carbonyl (C=O) groups excluding carboxylic acids is 2. The molecule has 0 saturated carbocycles. The molecule has 1 aromatic rings. The minimum atomic E-state index is -0.749. The van der Waals surface area contributed by atoms with E-state index in [4.69, 9.17) is 18.9 Å². The second-order valence-electron chi connectivity index (χ2n) is 6.05. The fourth-order valence-corrected chi connectivity index (χ4v) is 2.34. The number of benzene rings is 1. The summed E-state index contributed by atoms with van der Waals surface area (Å²) in [5, 5.41) is 2.45. The molecule has 2 rings (SSSR count). The number of hydrogen-bond donors (Lipinski definition) is 1. The van der Waals surface area contributed by atoms with E-state index in [0.29, 0.717) is 5.57 Å². The van der Waals surface area contributed by atoms with Crippen LogP contribution in [-0.2, 0) is 30.3 Å².